The van der Waals surface area contributed by atoms with Crippen LogP contribution in [0.3, 0.4) is 0 Å². The highest BCUT2D eigenvalue weighted by Crippen LogP contribution is 2.52. The topological polar surface area (TPSA) is 52.3 Å². The largest absolute Gasteiger partial charge is 0.458 e. The van der Waals surface area contributed by atoms with E-state index < -0.39 is 0 Å². The third kappa shape index (κ3) is 1.18. The van der Waals surface area contributed by atoms with Crippen LogP contribution in [0.4, 0.5) is 0 Å². The number of allylic oxidation sites excluding steroid dienone is 2. The molecule has 0 aromatic carbocycles. The average Bonchev–Trinajstić information content (AvgIpc) is 2.43. The fourth-order valence-electron chi connectivity index (χ4n) is 2.59. The van der Waals surface area contributed by atoms with Gasteiger partial charge in [0, 0.05) is 19.4 Å². The number of fused-ring (bicyclic) bond motifs is 1. The maximum atomic E-state index is 10.9. The van der Waals surface area contributed by atoms with Gasteiger partial charge in [-0.3, -0.25) is 4.79 Å². The Balaban J connectivity index is 2.07. The zero-order valence-corrected chi connectivity index (χ0v) is 7.82. The van der Waals surface area contributed by atoms with Crippen LogP contribution in [0.5, 0.6) is 0 Å². The zero-order chi connectivity index (χ0) is 9.47. The van der Waals surface area contributed by atoms with Crippen LogP contribution in [0, 0.1) is 11.8 Å². The summed E-state index contributed by atoms with van der Waals surface area (Å²) in [4.78, 5) is 10.9. The van der Waals surface area contributed by atoms with Gasteiger partial charge in [-0.2, -0.15) is 0 Å². The summed E-state index contributed by atoms with van der Waals surface area (Å²) in [5, 5.41) is 0. The second-order valence-electron chi connectivity index (χ2n) is 4.00. The summed E-state index contributed by atoms with van der Waals surface area (Å²) in [7, 11) is 0. The molecule has 0 bridgehead atoms. The van der Waals surface area contributed by atoms with Gasteiger partial charge < -0.3 is 10.5 Å². The van der Waals surface area contributed by atoms with Crippen LogP contribution < -0.4 is 5.73 Å². The van der Waals surface area contributed by atoms with E-state index in [1.165, 1.54) is 6.92 Å². The maximum absolute atomic E-state index is 10.9. The molecule has 0 aliphatic heterocycles. The molecule has 2 aliphatic carbocycles. The zero-order valence-electron chi connectivity index (χ0n) is 7.82. The van der Waals surface area contributed by atoms with Crippen molar-refractivity contribution in [3.8, 4) is 0 Å². The van der Waals surface area contributed by atoms with Crippen LogP contribution in [-0.4, -0.2) is 18.1 Å². The normalized spacial score (nSPS) is 41.1. The van der Waals surface area contributed by atoms with E-state index in [1.807, 2.05) is 0 Å². The Morgan fingerprint density at radius 2 is 2.54 bits per heavy atom. The highest BCUT2D eigenvalue weighted by atomic mass is 16.6. The summed E-state index contributed by atoms with van der Waals surface area (Å²) in [6, 6.07) is 0. The molecule has 0 heterocycles. The second kappa shape index (κ2) is 2.84. The van der Waals surface area contributed by atoms with Gasteiger partial charge in [0.2, 0.25) is 0 Å². The molecule has 3 atom stereocenters. The molecule has 0 spiro atoms. The first-order valence-electron chi connectivity index (χ1n) is 4.74. The smallest absolute Gasteiger partial charge is 0.303 e. The Morgan fingerprint density at radius 1 is 1.77 bits per heavy atom. The molecule has 13 heavy (non-hydrogen) atoms. The summed E-state index contributed by atoms with van der Waals surface area (Å²) < 4.78 is 5.33. The van der Waals surface area contributed by atoms with E-state index >= 15 is 0 Å². The SMILES string of the molecule is CC(=O)O[C@]1(CN)C[C@@H]2C=CC[C@@H]21. The molecule has 72 valence electrons. The minimum atomic E-state index is -0.347. The number of hydrogen-bond acceptors (Lipinski definition) is 3. The van der Waals surface area contributed by atoms with Crippen molar-refractivity contribution in [2.75, 3.05) is 6.54 Å². The average molecular weight is 181 g/mol. The van der Waals surface area contributed by atoms with Crippen molar-refractivity contribution in [1.29, 1.82) is 0 Å². The maximum Gasteiger partial charge on any atom is 0.303 e. The molecule has 0 radical (unpaired) electrons. The first kappa shape index (κ1) is 8.75. The van der Waals surface area contributed by atoms with Gasteiger partial charge in [0.05, 0.1) is 0 Å². The fourth-order valence-corrected chi connectivity index (χ4v) is 2.59. The lowest BCUT2D eigenvalue weighted by molar-refractivity contribution is -0.183. The van der Waals surface area contributed by atoms with E-state index in [2.05, 4.69) is 12.2 Å². The van der Waals surface area contributed by atoms with Crippen molar-refractivity contribution in [3.63, 3.8) is 0 Å². The molecule has 2 aliphatic rings. The van der Waals surface area contributed by atoms with E-state index in [9.17, 15) is 4.79 Å². The number of carbonyl (C=O) groups excluding carboxylic acids is 1. The van der Waals surface area contributed by atoms with Gasteiger partial charge >= 0.3 is 5.97 Å². The lowest BCUT2D eigenvalue weighted by Crippen LogP contribution is -2.59. The number of esters is 1. The molecule has 2 rings (SSSR count). The minimum Gasteiger partial charge on any atom is -0.458 e. The number of ether oxygens (including phenoxy) is 1. The molecule has 0 amide bonds. The molecule has 0 aromatic heterocycles. The first-order chi connectivity index (χ1) is 6.18. The first-order valence-corrected chi connectivity index (χ1v) is 4.74. The van der Waals surface area contributed by atoms with Crippen LogP contribution in [0.25, 0.3) is 0 Å². The van der Waals surface area contributed by atoms with Gasteiger partial charge in [0.15, 0.2) is 0 Å². The van der Waals surface area contributed by atoms with E-state index in [1.54, 1.807) is 0 Å². The lowest BCUT2D eigenvalue weighted by Gasteiger charge is -2.50. The fraction of sp³-hybridized carbons (Fsp3) is 0.700. The predicted molar refractivity (Wildman–Crippen MR) is 48.9 cm³/mol. The van der Waals surface area contributed by atoms with Crippen LogP contribution >= 0.6 is 0 Å². The molecule has 2 N–H and O–H groups in total. The van der Waals surface area contributed by atoms with Crippen molar-refractivity contribution in [1.82, 2.24) is 0 Å². The Morgan fingerprint density at radius 3 is 3.08 bits per heavy atom. The van der Waals surface area contributed by atoms with Gasteiger partial charge in [-0.25, -0.2) is 0 Å². The lowest BCUT2D eigenvalue weighted by atomic mass is 9.62. The van der Waals surface area contributed by atoms with Crippen LogP contribution in [0.1, 0.15) is 19.8 Å². The van der Waals surface area contributed by atoms with Gasteiger partial charge in [-0.1, -0.05) is 12.2 Å². The van der Waals surface area contributed by atoms with Crippen LogP contribution in [0.2, 0.25) is 0 Å². The second-order valence-corrected chi connectivity index (χ2v) is 4.00. The van der Waals surface area contributed by atoms with E-state index in [-0.39, 0.29) is 11.6 Å². The van der Waals surface area contributed by atoms with E-state index in [4.69, 9.17) is 10.5 Å². The van der Waals surface area contributed by atoms with Gasteiger partial charge in [-0.15, -0.1) is 0 Å². The summed E-state index contributed by atoms with van der Waals surface area (Å²) in [6.07, 6.45) is 6.29. The van der Waals surface area contributed by atoms with Crippen molar-refractivity contribution in [3.05, 3.63) is 12.2 Å². The van der Waals surface area contributed by atoms with E-state index in [0.717, 1.165) is 12.8 Å². The highest BCUT2D eigenvalue weighted by molar-refractivity contribution is 5.67. The molecule has 0 saturated heterocycles. The monoisotopic (exact) mass is 181 g/mol. The summed E-state index contributed by atoms with van der Waals surface area (Å²) >= 11 is 0. The van der Waals surface area contributed by atoms with Crippen LogP contribution in [0.15, 0.2) is 12.2 Å². The van der Waals surface area contributed by atoms with E-state index in [0.29, 0.717) is 18.4 Å². The Kier molecular flexibility index (Phi) is 1.91. The van der Waals surface area contributed by atoms with Crippen molar-refractivity contribution < 1.29 is 9.53 Å². The number of carbonyl (C=O) groups is 1. The van der Waals surface area contributed by atoms with Gasteiger partial charge in [0.25, 0.3) is 0 Å². The molecule has 1 fully saturated rings. The third-order valence-electron chi connectivity index (χ3n) is 3.24. The Labute approximate surface area is 77.9 Å². The quantitative estimate of drug-likeness (QED) is 0.507. The molecule has 3 nitrogen and oxygen atoms in total. The predicted octanol–water partition coefficient (Wildman–Crippen LogP) is 0.843. The summed E-state index contributed by atoms with van der Waals surface area (Å²) in [5.41, 5.74) is 5.32. The molecular formula is C10H15NO2. The van der Waals surface area contributed by atoms with Crippen LogP contribution in [-0.2, 0) is 9.53 Å². The molecular weight excluding hydrogens is 166 g/mol. The number of rotatable bonds is 2. The Bertz CT molecular complexity index is 262. The third-order valence-corrected chi connectivity index (χ3v) is 3.24. The number of hydrogen-bond donors (Lipinski definition) is 1. The highest BCUT2D eigenvalue weighted by Gasteiger charge is 2.55. The summed E-state index contributed by atoms with van der Waals surface area (Å²) in [5.74, 6) is 0.833. The molecule has 3 heteroatoms. The molecule has 1 saturated carbocycles. The Hall–Kier alpha value is -0.830. The minimum absolute atomic E-state index is 0.212. The van der Waals surface area contributed by atoms with Crippen molar-refractivity contribution in [2.45, 2.75) is 25.4 Å². The van der Waals surface area contributed by atoms with Crippen molar-refractivity contribution in [2.24, 2.45) is 17.6 Å². The summed E-state index contributed by atoms with van der Waals surface area (Å²) in [6.45, 7) is 1.91. The van der Waals surface area contributed by atoms with Gasteiger partial charge in [-0.05, 0) is 18.8 Å². The standard InChI is InChI=1S/C10H15NO2/c1-7(12)13-10(6-11)5-8-3-2-4-9(8)10/h2-3,8-9H,4-6,11H2,1H3/t8-,9-,10-/m0/s1. The molecule has 0 unspecified atom stereocenters. The molecule has 0 aromatic rings. The van der Waals surface area contributed by atoms with Crippen molar-refractivity contribution >= 4 is 5.97 Å². The van der Waals surface area contributed by atoms with Gasteiger partial charge in [0.1, 0.15) is 5.60 Å². The number of nitrogens with two attached hydrogens (primary N) is 1.